The van der Waals surface area contributed by atoms with Crippen molar-refractivity contribution in [2.45, 2.75) is 52.5 Å². The Morgan fingerprint density at radius 1 is 1.22 bits per heavy atom. The predicted molar refractivity (Wildman–Crippen MR) is 126 cm³/mol. The number of allylic oxidation sites excluding steroid dienone is 1. The standard InChI is InChI=1S/C27H30FNO3/c1-16-7-5-6-8-24(16)29-25(30)13-17(2)21-14-22-23(19-9-11-20(28)12-10-19)15-32-27(22)18(3)26(21)31-4/h9-16,24H,5-8H2,1-4H3,(H,29,30)/b17-13+. The summed E-state index contributed by atoms with van der Waals surface area (Å²) in [6, 6.07) is 8.57. The second kappa shape index (κ2) is 9.19. The number of nitrogens with one attached hydrogen (secondary N) is 1. The van der Waals surface area contributed by atoms with E-state index in [0.717, 1.165) is 58.1 Å². The lowest BCUT2D eigenvalue weighted by atomic mass is 9.86. The summed E-state index contributed by atoms with van der Waals surface area (Å²) in [5.41, 5.74) is 4.99. The lowest BCUT2D eigenvalue weighted by Crippen LogP contribution is -2.40. The lowest BCUT2D eigenvalue weighted by Gasteiger charge is -2.29. The van der Waals surface area contributed by atoms with Crippen molar-refractivity contribution in [3.05, 3.63) is 59.6 Å². The Morgan fingerprint density at radius 3 is 2.62 bits per heavy atom. The zero-order valence-corrected chi connectivity index (χ0v) is 19.1. The summed E-state index contributed by atoms with van der Waals surface area (Å²) in [5.74, 6) is 0.827. The molecule has 1 amide bonds. The summed E-state index contributed by atoms with van der Waals surface area (Å²) in [4.78, 5) is 12.8. The van der Waals surface area contributed by atoms with Crippen molar-refractivity contribution < 1.29 is 18.3 Å². The van der Waals surface area contributed by atoms with Crippen molar-refractivity contribution in [3.63, 3.8) is 0 Å². The summed E-state index contributed by atoms with van der Waals surface area (Å²) < 4.78 is 25.0. The minimum atomic E-state index is -0.280. The van der Waals surface area contributed by atoms with Crippen molar-refractivity contribution in [1.29, 1.82) is 0 Å². The number of furan rings is 1. The van der Waals surface area contributed by atoms with E-state index in [1.807, 2.05) is 19.9 Å². The molecular weight excluding hydrogens is 405 g/mol. The van der Waals surface area contributed by atoms with Gasteiger partial charge in [0.15, 0.2) is 0 Å². The molecule has 4 rings (SSSR count). The number of aryl methyl sites for hydroxylation is 1. The SMILES string of the molecule is COc1c(/C(C)=C/C(=O)NC2CCCCC2C)cc2c(-c3ccc(F)cc3)coc2c1C. The summed E-state index contributed by atoms with van der Waals surface area (Å²) in [7, 11) is 1.62. The first kappa shape index (κ1) is 22.1. The molecular formula is C27H30FNO3. The third-order valence-electron chi connectivity index (χ3n) is 6.61. The number of rotatable bonds is 5. The van der Waals surface area contributed by atoms with Crippen LogP contribution >= 0.6 is 0 Å². The van der Waals surface area contributed by atoms with Gasteiger partial charge in [0.2, 0.25) is 5.91 Å². The van der Waals surface area contributed by atoms with Gasteiger partial charge in [-0.2, -0.15) is 0 Å². The molecule has 2 aromatic carbocycles. The molecule has 32 heavy (non-hydrogen) atoms. The monoisotopic (exact) mass is 435 g/mol. The van der Waals surface area contributed by atoms with Crippen LogP contribution in [0.5, 0.6) is 5.75 Å². The molecule has 1 aromatic heterocycles. The molecule has 2 unspecified atom stereocenters. The maximum Gasteiger partial charge on any atom is 0.244 e. The van der Waals surface area contributed by atoms with E-state index >= 15 is 0 Å². The van der Waals surface area contributed by atoms with Gasteiger partial charge < -0.3 is 14.5 Å². The zero-order chi connectivity index (χ0) is 22.8. The molecule has 1 heterocycles. The highest BCUT2D eigenvalue weighted by Gasteiger charge is 2.23. The Balaban J connectivity index is 1.71. The quantitative estimate of drug-likeness (QED) is 0.456. The second-order valence-corrected chi connectivity index (χ2v) is 8.82. The molecule has 2 atom stereocenters. The minimum Gasteiger partial charge on any atom is -0.496 e. The molecule has 1 fully saturated rings. The van der Waals surface area contributed by atoms with E-state index in [1.165, 1.54) is 18.6 Å². The van der Waals surface area contributed by atoms with Crippen LogP contribution in [0.1, 0.15) is 50.7 Å². The molecule has 0 spiro atoms. The van der Waals surface area contributed by atoms with E-state index in [-0.39, 0.29) is 17.8 Å². The van der Waals surface area contributed by atoms with Crippen LogP contribution < -0.4 is 10.1 Å². The van der Waals surface area contributed by atoms with Gasteiger partial charge in [-0.1, -0.05) is 31.9 Å². The van der Waals surface area contributed by atoms with Gasteiger partial charge in [-0.3, -0.25) is 4.79 Å². The highest BCUT2D eigenvalue weighted by atomic mass is 19.1. The van der Waals surface area contributed by atoms with Crippen LogP contribution in [0, 0.1) is 18.7 Å². The van der Waals surface area contributed by atoms with Crippen molar-refractivity contribution in [2.75, 3.05) is 7.11 Å². The fourth-order valence-electron chi connectivity index (χ4n) is 4.75. The van der Waals surface area contributed by atoms with Crippen molar-refractivity contribution in [2.24, 2.45) is 5.92 Å². The van der Waals surface area contributed by atoms with Gasteiger partial charge in [-0.25, -0.2) is 4.39 Å². The molecule has 1 aliphatic carbocycles. The molecule has 5 heteroatoms. The van der Waals surface area contributed by atoms with Crippen LogP contribution in [0.4, 0.5) is 4.39 Å². The largest absolute Gasteiger partial charge is 0.496 e. The first-order valence-electron chi connectivity index (χ1n) is 11.2. The number of amides is 1. The van der Waals surface area contributed by atoms with E-state index < -0.39 is 0 Å². The molecule has 0 saturated heterocycles. The van der Waals surface area contributed by atoms with E-state index in [4.69, 9.17) is 9.15 Å². The van der Waals surface area contributed by atoms with Crippen LogP contribution in [0.15, 0.2) is 47.1 Å². The molecule has 168 valence electrons. The predicted octanol–water partition coefficient (Wildman–Crippen LogP) is 6.65. The summed E-state index contributed by atoms with van der Waals surface area (Å²) >= 11 is 0. The maximum atomic E-state index is 13.4. The molecule has 1 aliphatic rings. The van der Waals surface area contributed by atoms with Gasteiger partial charge in [0, 0.05) is 34.2 Å². The Hall–Kier alpha value is -3.08. The molecule has 1 saturated carbocycles. The fourth-order valence-corrected chi connectivity index (χ4v) is 4.75. The number of halogens is 1. The highest BCUT2D eigenvalue weighted by Crippen LogP contribution is 2.40. The molecule has 3 aromatic rings. The number of hydrogen-bond donors (Lipinski definition) is 1. The van der Waals surface area contributed by atoms with Gasteiger partial charge in [-0.15, -0.1) is 0 Å². The number of carbonyl (C=O) groups excluding carboxylic acids is 1. The van der Waals surface area contributed by atoms with Gasteiger partial charge >= 0.3 is 0 Å². The van der Waals surface area contributed by atoms with E-state index in [1.54, 1.807) is 31.6 Å². The van der Waals surface area contributed by atoms with Gasteiger partial charge in [-0.05, 0) is 61.9 Å². The number of ether oxygens (including phenoxy) is 1. The van der Waals surface area contributed by atoms with Gasteiger partial charge in [0.25, 0.3) is 0 Å². The van der Waals surface area contributed by atoms with E-state index in [9.17, 15) is 9.18 Å². The first-order valence-corrected chi connectivity index (χ1v) is 11.2. The average Bonchev–Trinajstić information content (AvgIpc) is 3.20. The highest BCUT2D eigenvalue weighted by molar-refractivity contribution is 6.01. The normalized spacial score (nSPS) is 19.2. The third kappa shape index (κ3) is 4.29. The van der Waals surface area contributed by atoms with E-state index in [0.29, 0.717) is 11.7 Å². The molecule has 0 aliphatic heterocycles. The minimum absolute atomic E-state index is 0.0768. The van der Waals surface area contributed by atoms with Crippen molar-refractivity contribution in [1.82, 2.24) is 5.32 Å². The summed E-state index contributed by atoms with van der Waals surface area (Å²) in [6.45, 7) is 6.07. The summed E-state index contributed by atoms with van der Waals surface area (Å²) in [5, 5.41) is 4.09. The van der Waals surface area contributed by atoms with Crippen molar-refractivity contribution in [3.8, 4) is 16.9 Å². The first-order chi connectivity index (χ1) is 15.4. The van der Waals surface area contributed by atoms with Gasteiger partial charge in [0.1, 0.15) is 17.1 Å². The van der Waals surface area contributed by atoms with Crippen LogP contribution in [-0.4, -0.2) is 19.1 Å². The summed E-state index contributed by atoms with van der Waals surface area (Å²) in [6.07, 6.45) is 7.93. The molecule has 0 radical (unpaired) electrons. The topological polar surface area (TPSA) is 51.5 Å². The zero-order valence-electron chi connectivity index (χ0n) is 19.1. The van der Waals surface area contributed by atoms with Gasteiger partial charge in [0.05, 0.1) is 13.4 Å². The number of benzene rings is 2. The second-order valence-electron chi connectivity index (χ2n) is 8.82. The van der Waals surface area contributed by atoms with Crippen molar-refractivity contribution >= 4 is 22.4 Å². The Morgan fingerprint density at radius 2 is 1.94 bits per heavy atom. The Bertz CT molecular complexity index is 1160. The van der Waals surface area contributed by atoms with Crippen LogP contribution in [0.2, 0.25) is 0 Å². The number of methoxy groups -OCH3 is 1. The molecule has 1 N–H and O–H groups in total. The van der Waals surface area contributed by atoms with Crippen LogP contribution in [0.25, 0.3) is 27.7 Å². The van der Waals surface area contributed by atoms with Crippen LogP contribution in [0.3, 0.4) is 0 Å². The Labute approximate surface area is 188 Å². The number of carbonyl (C=O) groups is 1. The number of hydrogen-bond acceptors (Lipinski definition) is 3. The van der Waals surface area contributed by atoms with E-state index in [2.05, 4.69) is 12.2 Å². The average molecular weight is 436 g/mol. The lowest BCUT2D eigenvalue weighted by molar-refractivity contribution is -0.117. The molecule has 4 nitrogen and oxygen atoms in total. The fraction of sp³-hybridized carbons (Fsp3) is 0.370. The maximum absolute atomic E-state index is 13.4. The molecule has 0 bridgehead atoms. The Kier molecular flexibility index (Phi) is 6.35. The van der Waals surface area contributed by atoms with Crippen LogP contribution in [-0.2, 0) is 4.79 Å². The number of fused-ring (bicyclic) bond motifs is 1. The third-order valence-corrected chi connectivity index (χ3v) is 6.61. The smallest absolute Gasteiger partial charge is 0.244 e.